The number of rotatable bonds is 4. The minimum Gasteiger partial charge on any atom is -0.493 e. The predicted octanol–water partition coefficient (Wildman–Crippen LogP) is 4.53. The molecule has 1 fully saturated rings. The van der Waals surface area contributed by atoms with Crippen molar-refractivity contribution in [3.63, 3.8) is 0 Å². The molecule has 1 N–H and O–H groups in total. The summed E-state index contributed by atoms with van der Waals surface area (Å²) in [6, 6.07) is 14.9. The lowest BCUT2D eigenvalue weighted by Crippen LogP contribution is -2.48. The van der Waals surface area contributed by atoms with E-state index in [0.29, 0.717) is 13.2 Å². The number of benzene rings is 2. The van der Waals surface area contributed by atoms with Gasteiger partial charge in [-0.1, -0.05) is 50.1 Å². The van der Waals surface area contributed by atoms with Crippen molar-refractivity contribution in [1.29, 1.82) is 0 Å². The molecule has 0 bridgehead atoms. The van der Waals surface area contributed by atoms with Gasteiger partial charge in [0.25, 0.3) is 0 Å². The van der Waals surface area contributed by atoms with E-state index in [1.807, 2.05) is 12.1 Å². The van der Waals surface area contributed by atoms with Crippen molar-refractivity contribution in [2.45, 2.75) is 25.2 Å². The maximum atomic E-state index is 6.50. The number of ether oxygens (including phenoxy) is 2. The molecule has 2 atom stereocenters. The Bertz CT molecular complexity index is 760. The Labute approximate surface area is 177 Å². The fourth-order valence-electron chi connectivity index (χ4n) is 3.96. The van der Waals surface area contributed by atoms with Gasteiger partial charge in [-0.05, 0) is 29.8 Å². The first-order valence-electron chi connectivity index (χ1n) is 9.44. The first-order valence-corrected chi connectivity index (χ1v) is 11.0. The van der Waals surface area contributed by atoms with Gasteiger partial charge < -0.3 is 14.8 Å². The zero-order valence-electron chi connectivity index (χ0n) is 15.2. The Kier molecular flexibility index (Phi) is 6.50. The lowest BCUT2D eigenvalue weighted by Gasteiger charge is -2.38. The lowest BCUT2D eigenvalue weighted by atomic mass is 9.96. The van der Waals surface area contributed by atoms with Gasteiger partial charge in [-0.3, -0.25) is 4.90 Å². The third-order valence-corrected chi connectivity index (χ3v) is 6.10. The number of hydrogen-bond acceptors (Lipinski definition) is 4. The standard InChI is InChI=1S/C21H24Br2N2O2/c22-16-11-15(12-17(23)13-16)14-27-20-5-10-26-19-4-2-1-3-18(19)21(20)25-8-6-24-7-9-25/h1-4,11-13,20-21,24H,5-10,14H2/t20-,21-/m1/s1. The highest BCUT2D eigenvalue weighted by atomic mass is 79.9. The van der Waals surface area contributed by atoms with Crippen molar-refractivity contribution >= 4 is 31.9 Å². The quantitative estimate of drug-likeness (QED) is 0.675. The van der Waals surface area contributed by atoms with Gasteiger partial charge in [-0.25, -0.2) is 0 Å². The van der Waals surface area contributed by atoms with Crippen LogP contribution in [-0.2, 0) is 11.3 Å². The van der Waals surface area contributed by atoms with Crippen LogP contribution in [0.3, 0.4) is 0 Å². The van der Waals surface area contributed by atoms with Crippen molar-refractivity contribution in [2.24, 2.45) is 0 Å². The average Bonchev–Trinajstić information content (AvgIpc) is 2.85. The molecule has 27 heavy (non-hydrogen) atoms. The second kappa shape index (κ2) is 9.05. The summed E-state index contributed by atoms with van der Waals surface area (Å²) in [6.45, 7) is 5.37. The average molecular weight is 496 g/mol. The molecule has 2 aliphatic heterocycles. The Morgan fingerprint density at radius 3 is 2.59 bits per heavy atom. The molecular weight excluding hydrogens is 472 g/mol. The van der Waals surface area contributed by atoms with Gasteiger partial charge in [0, 0.05) is 47.1 Å². The molecule has 2 aliphatic rings. The first kappa shape index (κ1) is 19.4. The third kappa shape index (κ3) is 4.74. The number of fused-ring (bicyclic) bond motifs is 1. The predicted molar refractivity (Wildman–Crippen MR) is 114 cm³/mol. The van der Waals surface area contributed by atoms with Crippen molar-refractivity contribution in [3.05, 3.63) is 62.5 Å². The van der Waals surface area contributed by atoms with Crippen LogP contribution < -0.4 is 10.1 Å². The maximum Gasteiger partial charge on any atom is 0.124 e. The molecule has 2 aromatic rings. The lowest BCUT2D eigenvalue weighted by molar-refractivity contribution is -0.0331. The van der Waals surface area contributed by atoms with Gasteiger partial charge in [0.1, 0.15) is 5.75 Å². The van der Waals surface area contributed by atoms with Gasteiger partial charge in [0.2, 0.25) is 0 Å². The van der Waals surface area contributed by atoms with E-state index in [1.165, 1.54) is 5.56 Å². The molecule has 0 radical (unpaired) electrons. The summed E-state index contributed by atoms with van der Waals surface area (Å²) in [4.78, 5) is 2.55. The third-order valence-electron chi connectivity index (χ3n) is 5.18. The van der Waals surface area contributed by atoms with E-state index in [9.17, 15) is 0 Å². The zero-order chi connectivity index (χ0) is 18.6. The monoisotopic (exact) mass is 494 g/mol. The molecule has 0 aromatic heterocycles. The van der Waals surface area contributed by atoms with Crippen molar-refractivity contribution in [3.8, 4) is 5.75 Å². The second-order valence-corrected chi connectivity index (χ2v) is 8.86. The van der Waals surface area contributed by atoms with E-state index in [1.54, 1.807) is 0 Å². The van der Waals surface area contributed by atoms with Gasteiger partial charge in [0.05, 0.1) is 25.4 Å². The molecule has 0 unspecified atom stereocenters. The SMILES string of the molecule is Brc1cc(Br)cc(CO[C@@H]2CCOc3ccccc3[C@H]2N2CCNCC2)c1. The van der Waals surface area contributed by atoms with E-state index < -0.39 is 0 Å². The smallest absolute Gasteiger partial charge is 0.124 e. The Hall–Kier alpha value is -0.920. The van der Waals surface area contributed by atoms with E-state index in [2.05, 4.69) is 72.4 Å². The van der Waals surface area contributed by atoms with E-state index in [0.717, 1.165) is 52.9 Å². The number of nitrogens with one attached hydrogen (secondary N) is 1. The fraction of sp³-hybridized carbons (Fsp3) is 0.429. The molecule has 4 rings (SSSR count). The summed E-state index contributed by atoms with van der Waals surface area (Å²) in [6.07, 6.45) is 0.989. The van der Waals surface area contributed by atoms with E-state index >= 15 is 0 Å². The van der Waals surface area contributed by atoms with E-state index in [-0.39, 0.29) is 12.1 Å². The Morgan fingerprint density at radius 1 is 1.07 bits per heavy atom. The zero-order valence-corrected chi connectivity index (χ0v) is 18.3. The summed E-state index contributed by atoms with van der Waals surface area (Å²) in [7, 11) is 0. The van der Waals surface area contributed by atoms with Crippen molar-refractivity contribution in [2.75, 3.05) is 32.8 Å². The normalized spacial score (nSPS) is 23.3. The van der Waals surface area contributed by atoms with Gasteiger partial charge in [0.15, 0.2) is 0 Å². The van der Waals surface area contributed by atoms with Crippen molar-refractivity contribution < 1.29 is 9.47 Å². The molecule has 0 amide bonds. The second-order valence-electron chi connectivity index (χ2n) is 7.03. The fourth-order valence-corrected chi connectivity index (χ4v) is 5.35. The summed E-state index contributed by atoms with van der Waals surface area (Å²) < 4.78 is 14.7. The summed E-state index contributed by atoms with van der Waals surface area (Å²) >= 11 is 7.13. The van der Waals surface area contributed by atoms with Crippen LogP contribution in [0.2, 0.25) is 0 Å². The van der Waals surface area contributed by atoms with Crippen molar-refractivity contribution in [1.82, 2.24) is 10.2 Å². The molecule has 144 valence electrons. The molecule has 0 saturated carbocycles. The summed E-state index contributed by atoms with van der Waals surface area (Å²) in [5, 5.41) is 3.45. The number of hydrogen-bond donors (Lipinski definition) is 1. The van der Waals surface area contributed by atoms with Crippen LogP contribution in [0.15, 0.2) is 51.4 Å². The van der Waals surface area contributed by atoms with Crippen LogP contribution >= 0.6 is 31.9 Å². The maximum absolute atomic E-state index is 6.50. The minimum atomic E-state index is 0.101. The van der Waals surface area contributed by atoms with Crippen LogP contribution in [0.1, 0.15) is 23.6 Å². The van der Waals surface area contributed by atoms with Crippen LogP contribution in [-0.4, -0.2) is 43.8 Å². The number of nitrogens with zero attached hydrogens (tertiary/aromatic N) is 1. The number of piperazine rings is 1. The van der Waals surface area contributed by atoms with Crippen LogP contribution in [0.5, 0.6) is 5.75 Å². The summed E-state index contributed by atoms with van der Waals surface area (Å²) in [5.41, 5.74) is 2.41. The highest BCUT2D eigenvalue weighted by Gasteiger charge is 2.34. The number of halogens is 2. The first-order chi connectivity index (χ1) is 13.2. The largest absolute Gasteiger partial charge is 0.493 e. The van der Waals surface area contributed by atoms with Crippen LogP contribution in [0.4, 0.5) is 0 Å². The molecule has 4 nitrogen and oxygen atoms in total. The highest BCUT2D eigenvalue weighted by Crippen LogP contribution is 2.37. The molecule has 0 aliphatic carbocycles. The molecule has 0 spiro atoms. The van der Waals surface area contributed by atoms with Gasteiger partial charge in [-0.15, -0.1) is 0 Å². The minimum absolute atomic E-state index is 0.101. The Morgan fingerprint density at radius 2 is 1.81 bits per heavy atom. The molecule has 6 heteroatoms. The molecule has 2 aromatic carbocycles. The molecule has 1 saturated heterocycles. The van der Waals surface area contributed by atoms with Gasteiger partial charge in [-0.2, -0.15) is 0 Å². The summed E-state index contributed by atoms with van der Waals surface area (Å²) in [5.74, 6) is 0.998. The van der Waals surface area contributed by atoms with Crippen LogP contribution in [0.25, 0.3) is 0 Å². The molecular formula is C21H24Br2N2O2. The Balaban J connectivity index is 1.58. The van der Waals surface area contributed by atoms with E-state index in [4.69, 9.17) is 9.47 Å². The number of para-hydroxylation sites is 1. The molecule has 2 heterocycles. The van der Waals surface area contributed by atoms with Crippen LogP contribution in [0, 0.1) is 0 Å². The highest BCUT2D eigenvalue weighted by molar-refractivity contribution is 9.11. The topological polar surface area (TPSA) is 33.7 Å². The van der Waals surface area contributed by atoms with Gasteiger partial charge >= 0.3 is 0 Å².